The van der Waals surface area contributed by atoms with Gasteiger partial charge in [0.05, 0.1) is 11.5 Å². The Morgan fingerprint density at radius 2 is 0.863 bits per heavy atom. The van der Waals surface area contributed by atoms with Crippen LogP contribution in [-0.4, -0.2) is 44.5 Å². The van der Waals surface area contributed by atoms with Gasteiger partial charge in [-0.25, -0.2) is 19.5 Å². The lowest BCUT2D eigenvalue weighted by atomic mass is 9.84. The van der Waals surface area contributed by atoms with Gasteiger partial charge in [0.1, 0.15) is 0 Å². The van der Waals surface area contributed by atoms with E-state index in [4.69, 9.17) is 7.58 Å². The minimum atomic E-state index is -7.34. The maximum Gasteiger partial charge on any atom is 0.765 e. The van der Waals surface area contributed by atoms with Crippen molar-refractivity contribution >= 4 is 55.6 Å². The Kier molecular flexibility index (Phi) is 8.20. The van der Waals surface area contributed by atoms with Gasteiger partial charge in [0.25, 0.3) is 20.0 Å². The summed E-state index contributed by atoms with van der Waals surface area (Å²) in [6.07, 6.45) is 0. The SMILES string of the molecule is [CH3][Al-]1([N](S(=O)(=O)C(F)(F)F)S(=O)(=O)C(F)(F)F)[O]c2c(c(-c3ccccc3)cc3ccccc23)-c2c(-c3ccccc3)cc3ccccc3c2[O]1. The van der Waals surface area contributed by atoms with Crippen LogP contribution >= 0.6 is 0 Å². The molecule has 1 heterocycles. The van der Waals surface area contributed by atoms with Gasteiger partial charge in [-0.15, -0.1) is 5.79 Å². The highest BCUT2D eigenvalue weighted by Gasteiger charge is 2.70. The molecule has 0 aliphatic carbocycles. The van der Waals surface area contributed by atoms with Crippen molar-refractivity contribution in [2.45, 2.75) is 16.8 Å². The van der Waals surface area contributed by atoms with Crippen molar-refractivity contribution in [2.24, 2.45) is 0 Å². The van der Waals surface area contributed by atoms with Crippen molar-refractivity contribution in [3.05, 3.63) is 121 Å². The van der Waals surface area contributed by atoms with Crippen molar-refractivity contribution in [1.82, 2.24) is 2.69 Å². The van der Waals surface area contributed by atoms with Crippen LogP contribution in [0.4, 0.5) is 26.3 Å². The lowest BCUT2D eigenvalue weighted by Crippen LogP contribution is -2.68. The zero-order valence-corrected chi connectivity index (χ0v) is 28.9. The highest BCUT2D eigenvalue weighted by Crippen LogP contribution is 2.56. The Morgan fingerprint density at radius 1 is 0.529 bits per heavy atom. The van der Waals surface area contributed by atoms with Gasteiger partial charge in [-0.2, -0.15) is 26.3 Å². The molecule has 0 radical (unpaired) electrons. The van der Waals surface area contributed by atoms with Crippen LogP contribution in [0.25, 0.3) is 54.9 Å². The smallest absolute Gasteiger partial charge is 0.753 e. The van der Waals surface area contributed by atoms with E-state index >= 15 is 0 Å². The normalized spacial score (nSPS) is 14.7. The summed E-state index contributed by atoms with van der Waals surface area (Å²) in [7, 11) is -14.7. The van der Waals surface area contributed by atoms with E-state index in [-0.39, 0.29) is 33.4 Å². The lowest BCUT2D eigenvalue weighted by molar-refractivity contribution is -0.0518. The summed E-state index contributed by atoms with van der Waals surface area (Å²) in [5.41, 5.74) is -10.9. The van der Waals surface area contributed by atoms with Crippen LogP contribution in [0.1, 0.15) is 0 Å². The Bertz CT molecular complexity index is 2390. The van der Waals surface area contributed by atoms with Crippen molar-refractivity contribution in [1.29, 1.82) is 0 Å². The van der Waals surface area contributed by atoms with Crippen molar-refractivity contribution in [2.75, 3.05) is 0 Å². The van der Waals surface area contributed by atoms with Gasteiger partial charge in [0.2, 0.25) is 0 Å². The van der Waals surface area contributed by atoms with E-state index in [1.807, 2.05) is 0 Å². The van der Waals surface area contributed by atoms with Crippen molar-refractivity contribution in [3.8, 4) is 44.9 Å². The third-order valence-corrected chi connectivity index (χ3v) is 17.9. The number of nitrogens with zero attached hydrogens (tertiary/aromatic N) is 1. The second-order valence-corrected chi connectivity index (χ2v) is 19.5. The molecule has 7 nitrogen and oxygen atoms in total. The Balaban J connectivity index is 1.74. The molecule has 0 saturated heterocycles. The zero-order valence-electron chi connectivity index (χ0n) is 26.1. The molecule has 0 N–H and O–H groups in total. The summed E-state index contributed by atoms with van der Waals surface area (Å²) in [5, 5.41) is 1.11. The Labute approximate surface area is 290 Å². The monoisotopic (exact) mass is 758 g/mol. The van der Waals surface area contributed by atoms with Gasteiger partial charge in [-0.1, -0.05) is 109 Å². The van der Waals surface area contributed by atoms with E-state index in [0.717, 1.165) is 0 Å². The molecule has 0 saturated carbocycles. The first-order valence-corrected chi connectivity index (χ1v) is 20.7. The summed E-state index contributed by atoms with van der Waals surface area (Å²) in [6, 6.07) is 33.4. The summed E-state index contributed by atoms with van der Waals surface area (Å²) in [6.45, 7) is 0. The average Bonchev–Trinajstić information content (AvgIpc) is 3.21. The molecule has 0 atom stereocenters. The standard InChI is InChI=1S/C32H22O2.C2F6NO4S2.CH3.Al/c33-31-25-17-9-7-15-23(25)19-27(21-11-3-1-4-12-21)29(31)30-28(22-13-5-2-6-14-22)20-24-16-8-10-18-26(24)32(30)34;3-1(4,5)14(10,11)9-15(12,13)2(6,7)8;;/h1-20,33-34H;;1H3;/q;-1;;+2/p-2. The summed E-state index contributed by atoms with van der Waals surface area (Å²) in [5.74, 6) is -0.150. The molecule has 6 aromatic rings. The van der Waals surface area contributed by atoms with Crippen LogP contribution in [0.5, 0.6) is 11.5 Å². The molecule has 7 rings (SSSR count). The molecule has 1 aliphatic rings. The number of hydrogen-bond donors (Lipinski definition) is 0. The summed E-state index contributed by atoms with van der Waals surface area (Å²) in [4.78, 5) is 0. The first-order chi connectivity index (χ1) is 24.0. The number of fused-ring (bicyclic) bond motifs is 7. The van der Waals surface area contributed by atoms with E-state index in [0.29, 0.717) is 38.8 Å². The third-order valence-electron chi connectivity index (χ3n) is 8.54. The predicted octanol–water partition coefficient (Wildman–Crippen LogP) is 9.34. The Hall–Kier alpha value is -4.59. The molecule has 6 aromatic carbocycles. The van der Waals surface area contributed by atoms with Gasteiger partial charge in [0.15, 0.2) is 0 Å². The molecule has 51 heavy (non-hydrogen) atoms. The first kappa shape index (κ1) is 34.8. The molecular formula is C35H23AlF6NO6S2-. The molecule has 0 fully saturated rings. The lowest BCUT2D eigenvalue weighted by Gasteiger charge is -2.42. The van der Waals surface area contributed by atoms with E-state index < -0.39 is 47.7 Å². The van der Waals surface area contributed by atoms with E-state index in [2.05, 4.69) is 0 Å². The van der Waals surface area contributed by atoms with Crippen LogP contribution in [0.2, 0.25) is 5.79 Å². The molecule has 262 valence electrons. The molecule has 0 unspecified atom stereocenters. The Morgan fingerprint density at radius 3 is 1.22 bits per heavy atom. The minimum absolute atomic E-state index is 0.136. The molecular weight excluding hydrogens is 735 g/mol. The van der Waals surface area contributed by atoms with E-state index in [9.17, 15) is 43.2 Å². The summed E-state index contributed by atoms with van der Waals surface area (Å²) < 4.78 is 150. The molecule has 0 aromatic heterocycles. The number of halogens is 6. The highest BCUT2D eigenvalue weighted by atomic mass is 32.3. The predicted molar refractivity (Wildman–Crippen MR) is 182 cm³/mol. The number of hydrogen-bond acceptors (Lipinski definition) is 6. The van der Waals surface area contributed by atoms with Gasteiger partial charge < -0.3 is 7.58 Å². The third kappa shape index (κ3) is 5.62. The van der Waals surface area contributed by atoms with Gasteiger partial charge >= 0.3 is 25.0 Å². The van der Waals surface area contributed by atoms with Crippen LogP contribution in [0.3, 0.4) is 0 Å². The maximum atomic E-state index is 14.4. The molecule has 0 spiro atoms. The van der Waals surface area contributed by atoms with Crippen LogP contribution in [-0.2, 0) is 20.0 Å². The largest absolute Gasteiger partial charge is 0.765 e. The average molecular weight is 759 g/mol. The van der Waals surface area contributed by atoms with E-state index in [1.165, 1.54) is 24.3 Å². The van der Waals surface area contributed by atoms with Crippen LogP contribution < -0.4 is 7.58 Å². The number of sulfonamides is 2. The molecule has 1 aliphatic heterocycles. The fraction of sp³-hybridized carbons (Fsp3) is 0.0857. The van der Waals surface area contributed by atoms with Crippen molar-refractivity contribution in [3.63, 3.8) is 0 Å². The quantitative estimate of drug-likeness (QED) is 0.129. The molecule has 16 heteroatoms. The number of benzene rings is 6. The fourth-order valence-corrected chi connectivity index (χ4v) is 15.2. The fourth-order valence-electron chi connectivity index (χ4n) is 6.45. The second-order valence-electron chi connectivity index (χ2n) is 11.8. The van der Waals surface area contributed by atoms with Crippen LogP contribution in [0, 0.1) is 0 Å². The van der Waals surface area contributed by atoms with Crippen LogP contribution in [0.15, 0.2) is 121 Å². The molecule has 0 bridgehead atoms. The summed E-state index contributed by atoms with van der Waals surface area (Å²) >= 11 is -6.52. The minimum Gasteiger partial charge on any atom is -0.753 e. The van der Waals surface area contributed by atoms with Gasteiger partial charge in [-0.3, -0.25) is 0 Å². The van der Waals surface area contributed by atoms with Gasteiger partial charge in [0, 0.05) is 21.9 Å². The number of rotatable bonds is 5. The van der Waals surface area contributed by atoms with Gasteiger partial charge in [-0.05, 0) is 45.2 Å². The first-order valence-electron chi connectivity index (χ1n) is 15.2. The molecule has 0 amide bonds. The second kappa shape index (κ2) is 12.0. The number of alkyl halides is 6. The maximum absolute atomic E-state index is 14.4. The highest BCUT2D eigenvalue weighted by molar-refractivity contribution is 8.06. The zero-order chi connectivity index (χ0) is 36.6. The van der Waals surface area contributed by atoms with E-state index in [1.54, 1.807) is 97.1 Å². The van der Waals surface area contributed by atoms with Crippen molar-refractivity contribution < 1.29 is 50.8 Å². The topological polar surface area (TPSA) is 90.0 Å².